The van der Waals surface area contributed by atoms with Gasteiger partial charge in [0.1, 0.15) is 0 Å². The van der Waals surface area contributed by atoms with Crippen molar-refractivity contribution in [1.82, 2.24) is 0 Å². The van der Waals surface area contributed by atoms with Gasteiger partial charge in [-0.1, -0.05) is 78.1 Å². The van der Waals surface area contributed by atoms with Crippen molar-refractivity contribution in [3.8, 4) is 0 Å². The zero-order valence-corrected chi connectivity index (χ0v) is 14.1. The van der Waals surface area contributed by atoms with Gasteiger partial charge in [0.2, 0.25) is 0 Å². The van der Waals surface area contributed by atoms with Gasteiger partial charge in [-0.2, -0.15) is 0 Å². The van der Waals surface area contributed by atoms with Crippen LogP contribution in [-0.2, 0) is 9.53 Å². The second kappa shape index (κ2) is 14.9. The van der Waals surface area contributed by atoms with Gasteiger partial charge in [0.15, 0.2) is 0 Å². The lowest BCUT2D eigenvalue weighted by molar-refractivity contribution is -0.142. The van der Waals surface area contributed by atoms with Gasteiger partial charge >= 0.3 is 5.97 Å². The van der Waals surface area contributed by atoms with E-state index in [1.165, 1.54) is 84.0 Å². The Morgan fingerprint density at radius 1 is 0.800 bits per heavy atom. The van der Waals surface area contributed by atoms with E-state index < -0.39 is 0 Å². The lowest BCUT2D eigenvalue weighted by atomic mass is 9.95. The van der Waals surface area contributed by atoms with Gasteiger partial charge in [0.05, 0.1) is 6.61 Å². The molecule has 0 aromatic heterocycles. The van der Waals surface area contributed by atoms with Crippen molar-refractivity contribution >= 4 is 5.97 Å². The highest BCUT2D eigenvalue weighted by Crippen LogP contribution is 2.18. The first-order valence-electron chi connectivity index (χ1n) is 8.84. The van der Waals surface area contributed by atoms with E-state index in [9.17, 15) is 4.79 Å². The van der Waals surface area contributed by atoms with Gasteiger partial charge in [-0.15, -0.1) is 0 Å². The van der Waals surface area contributed by atoms with E-state index in [1.807, 2.05) is 0 Å². The molecule has 2 nitrogen and oxygen atoms in total. The monoisotopic (exact) mass is 284 g/mol. The van der Waals surface area contributed by atoms with E-state index >= 15 is 0 Å². The highest BCUT2D eigenvalue weighted by Gasteiger charge is 2.09. The molecule has 1 atom stereocenters. The lowest BCUT2D eigenvalue weighted by Gasteiger charge is -2.16. The molecular formula is C18H36O2. The lowest BCUT2D eigenvalue weighted by Crippen LogP contribution is -2.12. The Balaban J connectivity index is 3.54. The average Bonchev–Trinajstić information content (AvgIpc) is 2.43. The van der Waals surface area contributed by atoms with Gasteiger partial charge in [-0.25, -0.2) is 0 Å². The summed E-state index contributed by atoms with van der Waals surface area (Å²) in [4.78, 5) is 10.9. The van der Waals surface area contributed by atoms with E-state index in [0.29, 0.717) is 12.5 Å². The summed E-state index contributed by atoms with van der Waals surface area (Å²) < 4.78 is 5.18. The van der Waals surface area contributed by atoms with E-state index in [-0.39, 0.29) is 5.97 Å². The summed E-state index contributed by atoms with van der Waals surface area (Å²) in [6.45, 7) is 6.62. The second-order valence-corrected chi connectivity index (χ2v) is 6.07. The van der Waals surface area contributed by atoms with Crippen molar-refractivity contribution in [2.75, 3.05) is 6.61 Å². The molecular weight excluding hydrogens is 248 g/mol. The predicted molar refractivity (Wildman–Crippen MR) is 86.9 cm³/mol. The number of rotatable bonds is 14. The first-order valence-corrected chi connectivity index (χ1v) is 8.84. The third-order valence-corrected chi connectivity index (χ3v) is 3.95. The van der Waals surface area contributed by atoms with Crippen LogP contribution in [0.1, 0.15) is 97.8 Å². The van der Waals surface area contributed by atoms with Crippen LogP contribution < -0.4 is 0 Å². The number of esters is 1. The molecule has 0 aromatic carbocycles. The van der Waals surface area contributed by atoms with Crippen molar-refractivity contribution in [3.05, 3.63) is 0 Å². The molecule has 0 rings (SSSR count). The summed E-state index contributed by atoms with van der Waals surface area (Å²) in [7, 11) is 0. The van der Waals surface area contributed by atoms with Crippen LogP contribution in [0.3, 0.4) is 0 Å². The highest BCUT2D eigenvalue weighted by molar-refractivity contribution is 5.65. The average molecular weight is 284 g/mol. The molecule has 0 aromatic rings. The zero-order valence-electron chi connectivity index (χ0n) is 14.1. The highest BCUT2D eigenvalue weighted by atomic mass is 16.5. The molecule has 0 fully saturated rings. The zero-order chi connectivity index (χ0) is 15.1. The van der Waals surface area contributed by atoms with Gasteiger partial charge < -0.3 is 4.74 Å². The van der Waals surface area contributed by atoms with Crippen LogP contribution in [0.15, 0.2) is 0 Å². The van der Waals surface area contributed by atoms with Crippen molar-refractivity contribution in [2.45, 2.75) is 97.8 Å². The molecule has 0 saturated heterocycles. The first kappa shape index (κ1) is 19.5. The molecule has 1 unspecified atom stereocenters. The molecule has 120 valence electrons. The maximum absolute atomic E-state index is 10.9. The molecule has 0 spiro atoms. The minimum Gasteiger partial charge on any atom is -0.466 e. The Labute approximate surface area is 126 Å². The summed E-state index contributed by atoms with van der Waals surface area (Å²) >= 11 is 0. The quantitative estimate of drug-likeness (QED) is 0.294. The Bertz CT molecular complexity index is 213. The number of hydrogen-bond donors (Lipinski definition) is 0. The fourth-order valence-electron chi connectivity index (χ4n) is 2.61. The van der Waals surface area contributed by atoms with E-state index in [2.05, 4.69) is 13.8 Å². The van der Waals surface area contributed by atoms with Crippen molar-refractivity contribution in [3.63, 3.8) is 0 Å². The van der Waals surface area contributed by atoms with E-state index in [1.54, 1.807) is 0 Å². The number of carbonyl (C=O) groups is 1. The molecule has 0 bridgehead atoms. The standard InChI is InChI=1S/C18H36O2/c1-4-6-8-9-10-11-12-13-15-18(14-7-5-2)16-20-17(3)19/h18H,4-16H2,1-3H3. The maximum Gasteiger partial charge on any atom is 0.302 e. The normalized spacial score (nSPS) is 12.3. The van der Waals surface area contributed by atoms with E-state index in [0.717, 1.165) is 0 Å². The van der Waals surface area contributed by atoms with Crippen LogP contribution in [-0.4, -0.2) is 12.6 Å². The molecule has 20 heavy (non-hydrogen) atoms. The molecule has 2 heteroatoms. The summed E-state index contributed by atoms with van der Waals surface area (Å²) in [5.41, 5.74) is 0. The van der Waals surface area contributed by atoms with Gasteiger partial charge in [0.25, 0.3) is 0 Å². The van der Waals surface area contributed by atoms with Crippen LogP contribution in [0.5, 0.6) is 0 Å². The Kier molecular flexibility index (Phi) is 14.5. The number of hydrogen-bond acceptors (Lipinski definition) is 2. The number of carbonyl (C=O) groups excluding carboxylic acids is 1. The van der Waals surface area contributed by atoms with Crippen molar-refractivity contribution in [2.24, 2.45) is 5.92 Å². The largest absolute Gasteiger partial charge is 0.466 e. The Morgan fingerprint density at radius 2 is 1.30 bits per heavy atom. The number of unbranched alkanes of at least 4 members (excludes halogenated alkanes) is 8. The summed E-state index contributed by atoms with van der Waals surface area (Å²) in [6.07, 6.45) is 15.8. The van der Waals surface area contributed by atoms with Crippen LogP contribution >= 0.6 is 0 Å². The van der Waals surface area contributed by atoms with Crippen LogP contribution in [0.4, 0.5) is 0 Å². The fraction of sp³-hybridized carbons (Fsp3) is 0.944. The van der Waals surface area contributed by atoms with Gasteiger partial charge in [0, 0.05) is 6.92 Å². The molecule has 0 amide bonds. The molecule has 0 aliphatic heterocycles. The topological polar surface area (TPSA) is 26.3 Å². The summed E-state index contributed by atoms with van der Waals surface area (Å²) in [5.74, 6) is 0.446. The smallest absolute Gasteiger partial charge is 0.302 e. The molecule has 0 N–H and O–H groups in total. The first-order chi connectivity index (χ1) is 9.70. The minimum absolute atomic E-state index is 0.137. The molecule has 0 aliphatic rings. The molecule has 0 radical (unpaired) electrons. The van der Waals surface area contributed by atoms with E-state index in [4.69, 9.17) is 4.74 Å². The third kappa shape index (κ3) is 13.9. The summed E-state index contributed by atoms with van der Waals surface area (Å²) in [5, 5.41) is 0. The third-order valence-electron chi connectivity index (χ3n) is 3.95. The molecule has 0 saturated carbocycles. The van der Waals surface area contributed by atoms with Gasteiger partial charge in [-0.3, -0.25) is 4.79 Å². The van der Waals surface area contributed by atoms with Crippen LogP contribution in [0, 0.1) is 5.92 Å². The predicted octanol–water partition coefficient (Wildman–Crippen LogP) is 5.89. The fourth-order valence-corrected chi connectivity index (χ4v) is 2.61. The maximum atomic E-state index is 10.9. The summed E-state index contributed by atoms with van der Waals surface area (Å²) in [6, 6.07) is 0. The van der Waals surface area contributed by atoms with Crippen molar-refractivity contribution in [1.29, 1.82) is 0 Å². The Hall–Kier alpha value is -0.530. The molecule has 0 heterocycles. The molecule has 0 aliphatic carbocycles. The number of ether oxygens (including phenoxy) is 1. The van der Waals surface area contributed by atoms with Crippen LogP contribution in [0.2, 0.25) is 0 Å². The van der Waals surface area contributed by atoms with Gasteiger partial charge in [-0.05, 0) is 18.8 Å². The van der Waals surface area contributed by atoms with Crippen LogP contribution in [0.25, 0.3) is 0 Å². The van der Waals surface area contributed by atoms with Crippen molar-refractivity contribution < 1.29 is 9.53 Å². The Morgan fingerprint density at radius 3 is 1.85 bits per heavy atom. The minimum atomic E-state index is -0.137. The second-order valence-electron chi connectivity index (χ2n) is 6.07. The SMILES string of the molecule is CCCCCCCCCCC(CCCC)COC(C)=O.